The van der Waals surface area contributed by atoms with Gasteiger partial charge in [-0.3, -0.25) is 0 Å². The van der Waals surface area contributed by atoms with E-state index in [-0.39, 0.29) is 0 Å². The van der Waals surface area contributed by atoms with Gasteiger partial charge in [0.05, 0.1) is 18.1 Å². The van der Waals surface area contributed by atoms with Crippen molar-refractivity contribution in [2.24, 2.45) is 0 Å². The van der Waals surface area contributed by atoms with Crippen molar-refractivity contribution in [2.75, 3.05) is 0 Å². The molecule has 1 aromatic heterocycles. The van der Waals surface area contributed by atoms with Crippen LogP contribution in [0.5, 0.6) is 0 Å². The molecule has 1 saturated carbocycles. The molecule has 0 N–H and O–H groups in total. The Bertz CT molecular complexity index is 493. The second-order valence-corrected chi connectivity index (χ2v) is 6.78. The predicted molar refractivity (Wildman–Crippen MR) is 83.8 cm³/mol. The first kappa shape index (κ1) is 12.8. The van der Waals surface area contributed by atoms with E-state index in [0.29, 0.717) is 6.37 Å². The van der Waals surface area contributed by atoms with Crippen molar-refractivity contribution >= 4 is 55.2 Å². The number of aromatic nitrogens is 2. The molecule has 16 heavy (non-hydrogen) atoms. The van der Waals surface area contributed by atoms with Crippen LogP contribution in [0.15, 0.2) is 22.8 Å². The molecule has 0 aliphatic heterocycles. The van der Waals surface area contributed by atoms with E-state index in [4.69, 9.17) is 0 Å². The summed E-state index contributed by atoms with van der Waals surface area (Å²) in [5, 5.41) is 5.50. The number of benzene rings is 1. The summed E-state index contributed by atoms with van der Waals surface area (Å²) in [5.41, 5.74) is 2.47. The largest absolute Gasteiger partial charge is 0.237 e. The number of fused-ring (bicyclic) bond motifs is 1. The zero-order chi connectivity index (χ0) is 11.5. The van der Waals surface area contributed by atoms with Crippen LogP contribution >= 0.6 is 44.3 Å². The van der Waals surface area contributed by atoms with Gasteiger partial charge < -0.3 is 0 Å². The minimum absolute atomic E-state index is 0.656. The third-order valence-corrected chi connectivity index (χ3v) is 4.76. The lowest BCUT2D eigenvalue weighted by atomic mass is 10.2. The highest BCUT2D eigenvalue weighted by atomic mass is 127. The van der Waals surface area contributed by atoms with Gasteiger partial charge in [-0.1, -0.05) is 35.2 Å². The van der Waals surface area contributed by atoms with Crippen molar-refractivity contribution in [3.8, 4) is 0 Å². The maximum absolute atomic E-state index is 4.31. The topological polar surface area (TPSA) is 17.8 Å². The number of halogens is 2. The maximum Gasteiger partial charge on any atom is 0.0743 e. The molecule has 0 saturated heterocycles. The lowest BCUT2D eigenvalue weighted by molar-refractivity contribution is 1.04. The Balaban J connectivity index is 0.000000278. The standard InChI is InChI=1S/C8H7BrIN2P.C3H6/c1-5-2-7(9)6-4-11-12(13-10)8(6)3-5;1-2-3-1/h2-4,13H,1H3;1-3H2. The van der Waals surface area contributed by atoms with Crippen molar-refractivity contribution in [1.82, 2.24) is 9.55 Å². The van der Waals surface area contributed by atoms with E-state index >= 15 is 0 Å². The van der Waals surface area contributed by atoms with Crippen LogP contribution in [-0.2, 0) is 0 Å². The summed E-state index contributed by atoms with van der Waals surface area (Å²) in [6, 6.07) is 4.28. The number of rotatable bonds is 1. The molecular weight excluding hydrogens is 398 g/mol. The summed E-state index contributed by atoms with van der Waals surface area (Å²) in [7, 11) is 0. The van der Waals surface area contributed by atoms with E-state index < -0.39 is 0 Å². The summed E-state index contributed by atoms with van der Waals surface area (Å²) in [5.74, 6) is 0. The van der Waals surface area contributed by atoms with Gasteiger partial charge in [0, 0.05) is 9.86 Å². The SMILES string of the molecule is C1CC1.Cc1cc(Br)c2cnn(PI)c2c1. The van der Waals surface area contributed by atoms with Gasteiger partial charge in [0.1, 0.15) is 0 Å². The molecule has 1 atom stereocenters. The molecule has 1 aliphatic rings. The highest BCUT2D eigenvalue weighted by molar-refractivity contribution is 14.2. The highest BCUT2D eigenvalue weighted by Gasteiger charge is 2.05. The van der Waals surface area contributed by atoms with Crippen molar-refractivity contribution < 1.29 is 0 Å². The molecule has 3 rings (SSSR count). The van der Waals surface area contributed by atoms with Gasteiger partial charge >= 0.3 is 0 Å². The van der Waals surface area contributed by atoms with E-state index in [1.165, 1.54) is 35.7 Å². The van der Waals surface area contributed by atoms with Gasteiger partial charge in [0.15, 0.2) is 0 Å². The van der Waals surface area contributed by atoms with Gasteiger partial charge in [0.25, 0.3) is 0 Å². The minimum Gasteiger partial charge on any atom is -0.237 e. The number of hydrogen-bond donors (Lipinski definition) is 0. The number of hydrogen-bond acceptors (Lipinski definition) is 1. The Morgan fingerprint density at radius 3 is 2.62 bits per heavy atom. The molecule has 0 amide bonds. The normalized spacial score (nSPS) is 14.2. The molecule has 0 radical (unpaired) electrons. The lowest BCUT2D eigenvalue weighted by Crippen LogP contribution is -1.82. The molecule has 1 unspecified atom stereocenters. The van der Waals surface area contributed by atoms with Crippen LogP contribution < -0.4 is 0 Å². The predicted octanol–water partition coefficient (Wildman–Crippen LogP) is 5.07. The molecule has 1 aliphatic carbocycles. The van der Waals surface area contributed by atoms with E-state index in [2.05, 4.69) is 62.1 Å². The van der Waals surface area contributed by atoms with E-state index in [1.54, 1.807) is 0 Å². The molecule has 0 spiro atoms. The van der Waals surface area contributed by atoms with Crippen LogP contribution in [0.2, 0.25) is 0 Å². The zero-order valence-corrected chi connectivity index (χ0v) is 13.7. The molecule has 5 heteroatoms. The Hall–Kier alpha value is 0.330. The van der Waals surface area contributed by atoms with Gasteiger partial charge in [-0.2, -0.15) is 5.10 Å². The summed E-state index contributed by atoms with van der Waals surface area (Å²) in [6.07, 6.45) is 7.06. The summed E-state index contributed by atoms with van der Waals surface area (Å²) >= 11 is 5.87. The monoisotopic (exact) mass is 410 g/mol. The molecule has 1 heterocycles. The van der Waals surface area contributed by atoms with Crippen molar-refractivity contribution in [2.45, 2.75) is 26.2 Å². The van der Waals surface area contributed by atoms with Crippen LogP contribution in [0.3, 0.4) is 0 Å². The molecule has 0 bridgehead atoms. The smallest absolute Gasteiger partial charge is 0.0743 e. The first-order chi connectivity index (χ1) is 7.72. The van der Waals surface area contributed by atoms with Gasteiger partial charge in [-0.25, -0.2) is 4.45 Å². The van der Waals surface area contributed by atoms with Crippen LogP contribution in [0, 0.1) is 6.92 Å². The summed E-state index contributed by atoms with van der Waals surface area (Å²) in [4.78, 5) is 0. The molecule has 2 aromatic rings. The van der Waals surface area contributed by atoms with Crippen LogP contribution in [-0.4, -0.2) is 9.55 Å². The molecule has 86 valence electrons. The number of aryl methyl sites for hydroxylation is 1. The van der Waals surface area contributed by atoms with Crippen molar-refractivity contribution in [1.29, 1.82) is 0 Å². The fourth-order valence-electron chi connectivity index (χ4n) is 1.28. The molecule has 2 nitrogen and oxygen atoms in total. The second-order valence-electron chi connectivity index (χ2n) is 3.88. The van der Waals surface area contributed by atoms with Gasteiger partial charge in [-0.15, -0.1) is 0 Å². The average Bonchev–Trinajstić information content (AvgIpc) is 3.06. The second kappa shape index (κ2) is 5.78. The number of nitrogens with zero attached hydrogens (tertiary/aromatic N) is 2. The lowest BCUT2D eigenvalue weighted by Gasteiger charge is -2.00. The van der Waals surface area contributed by atoms with Crippen molar-refractivity contribution in [3.05, 3.63) is 28.4 Å². The Morgan fingerprint density at radius 2 is 2.06 bits per heavy atom. The van der Waals surface area contributed by atoms with E-state index in [0.717, 1.165) is 4.47 Å². The molecule has 1 aromatic carbocycles. The van der Waals surface area contributed by atoms with Crippen LogP contribution in [0.25, 0.3) is 10.9 Å². The quantitative estimate of drug-likeness (QED) is 0.474. The minimum atomic E-state index is 0.656. The van der Waals surface area contributed by atoms with Crippen LogP contribution in [0.1, 0.15) is 24.8 Å². The molecular formula is C11H13BrIN2P. The van der Waals surface area contributed by atoms with Gasteiger partial charge in [0.2, 0.25) is 0 Å². The Labute approximate surface area is 119 Å². The van der Waals surface area contributed by atoms with Crippen LogP contribution in [0.4, 0.5) is 0 Å². The first-order valence-electron chi connectivity index (χ1n) is 5.23. The average molecular weight is 411 g/mol. The summed E-state index contributed by atoms with van der Waals surface area (Å²) < 4.78 is 3.15. The van der Waals surface area contributed by atoms with Gasteiger partial charge in [-0.05, 0) is 46.7 Å². The van der Waals surface area contributed by atoms with E-state index in [1.807, 2.05) is 10.6 Å². The molecule has 1 fully saturated rings. The third kappa shape index (κ3) is 3.17. The first-order valence-corrected chi connectivity index (χ1v) is 10.1. The summed E-state index contributed by atoms with van der Waals surface area (Å²) in [6.45, 7) is 2.10. The fraction of sp³-hybridized carbons (Fsp3) is 0.364. The van der Waals surface area contributed by atoms with Crippen molar-refractivity contribution in [3.63, 3.8) is 0 Å². The third-order valence-electron chi connectivity index (χ3n) is 2.22. The Kier molecular flexibility index (Phi) is 4.62. The van der Waals surface area contributed by atoms with E-state index in [9.17, 15) is 0 Å². The highest BCUT2D eigenvalue weighted by Crippen LogP contribution is 2.32. The Morgan fingerprint density at radius 1 is 1.38 bits per heavy atom. The zero-order valence-electron chi connectivity index (χ0n) is 9.00. The maximum atomic E-state index is 4.31. The fourth-order valence-corrected chi connectivity index (χ4v) is 3.48.